The average molecular weight is 391 g/mol. The van der Waals surface area contributed by atoms with Crippen LogP contribution in [0, 0.1) is 0 Å². The Kier molecular flexibility index (Phi) is 4.98. The number of nitrogens with one attached hydrogen (secondary N) is 1. The molecule has 0 radical (unpaired) electrons. The average Bonchev–Trinajstić information content (AvgIpc) is 3.14. The topological polar surface area (TPSA) is 86.8 Å². The van der Waals surface area contributed by atoms with E-state index in [1.807, 2.05) is 6.92 Å². The first kappa shape index (κ1) is 19.0. The van der Waals surface area contributed by atoms with Crippen molar-refractivity contribution in [2.24, 2.45) is 0 Å². The number of nitrogens with zero attached hydrogens (tertiary/aromatic N) is 2. The van der Waals surface area contributed by atoms with Crippen molar-refractivity contribution in [2.45, 2.75) is 25.9 Å². The van der Waals surface area contributed by atoms with Gasteiger partial charge in [-0.25, -0.2) is 0 Å². The number of benzene rings is 2. The fourth-order valence-electron chi connectivity index (χ4n) is 3.86. The van der Waals surface area contributed by atoms with E-state index in [0.717, 1.165) is 22.8 Å². The first-order valence-corrected chi connectivity index (χ1v) is 9.70. The Morgan fingerprint density at radius 1 is 0.690 bits per heavy atom. The molecule has 0 fully saturated rings. The van der Waals surface area contributed by atoms with Crippen LogP contribution in [0.2, 0.25) is 0 Å². The Morgan fingerprint density at radius 2 is 1.07 bits per heavy atom. The lowest BCUT2D eigenvalue weighted by atomic mass is 10.1. The molecule has 1 N–H and O–H groups in total. The molecule has 7 heteroatoms. The second-order valence-electron chi connectivity index (χ2n) is 7.07. The molecule has 0 aliphatic carbocycles. The highest BCUT2D eigenvalue weighted by Crippen LogP contribution is 2.31. The molecule has 0 saturated carbocycles. The summed E-state index contributed by atoms with van der Waals surface area (Å²) in [5.74, 6) is -1.93. The van der Waals surface area contributed by atoms with E-state index in [-0.39, 0.29) is 6.42 Å². The Bertz CT molecular complexity index is 871. The van der Waals surface area contributed by atoms with Gasteiger partial charge in [-0.1, -0.05) is 31.2 Å². The van der Waals surface area contributed by atoms with Crippen LogP contribution in [0.25, 0.3) is 0 Å². The molecule has 7 nitrogen and oxygen atoms in total. The summed E-state index contributed by atoms with van der Waals surface area (Å²) in [6, 6.07) is 13.1. The van der Waals surface area contributed by atoms with Crippen LogP contribution < -0.4 is 5.32 Å². The molecule has 29 heavy (non-hydrogen) atoms. The van der Waals surface area contributed by atoms with Gasteiger partial charge in [-0.2, -0.15) is 0 Å². The van der Waals surface area contributed by atoms with Crippen LogP contribution in [0.3, 0.4) is 0 Å². The summed E-state index contributed by atoms with van der Waals surface area (Å²) in [5, 5.41) is 3.22. The van der Waals surface area contributed by atoms with Gasteiger partial charge in [-0.05, 0) is 50.2 Å². The highest BCUT2D eigenvalue weighted by atomic mass is 16.2. The van der Waals surface area contributed by atoms with Crippen molar-refractivity contribution < 1.29 is 19.2 Å². The third-order valence-electron chi connectivity index (χ3n) is 5.25. The molecule has 2 heterocycles. The minimum atomic E-state index is -0.987. The number of rotatable bonds is 7. The summed E-state index contributed by atoms with van der Waals surface area (Å²) >= 11 is 0. The van der Waals surface area contributed by atoms with E-state index >= 15 is 0 Å². The Morgan fingerprint density at radius 3 is 1.41 bits per heavy atom. The maximum absolute atomic E-state index is 13.0. The molecule has 2 aromatic rings. The van der Waals surface area contributed by atoms with Crippen LogP contribution in [0.5, 0.6) is 0 Å². The van der Waals surface area contributed by atoms with Gasteiger partial charge in [0.15, 0.2) is 0 Å². The molecule has 2 aliphatic heterocycles. The molecule has 4 amide bonds. The van der Waals surface area contributed by atoms with E-state index in [0.29, 0.717) is 28.8 Å². The van der Waals surface area contributed by atoms with E-state index in [1.165, 1.54) is 0 Å². The minimum Gasteiger partial charge on any atom is -0.317 e. The monoisotopic (exact) mass is 391 g/mol. The van der Waals surface area contributed by atoms with Gasteiger partial charge in [0.2, 0.25) is 0 Å². The zero-order valence-corrected chi connectivity index (χ0v) is 16.1. The maximum Gasteiger partial charge on any atom is 0.263 e. The number of fused-ring (bicyclic) bond motifs is 2. The van der Waals surface area contributed by atoms with Crippen LogP contribution >= 0.6 is 0 Å². The highest BCUT2D eigenvalue weighted by Gasteiger charge is 2.48. The first-order valence-electron chi connectivity index (χ1n) is 9.70. The van der Waals surface area contributed by atoms with Gasteiger partial charge in [0.05, 0.1) is 22.3 Å². The standard InChI is InChI=1S/C22H21N3O4/c1-2-12-23-13-11-18(24-19(26)14-7-3-4-8-15(14)20(24)27)25-21(28)16-9-5-6-10-17(16)22(25)29/h3-10,18,23H,2,11-13H2,1H3. The Hall–Kier alpha value is -3.32. The van der Waals surface area contributed by atoms with Crippen LogP contribution in [0.1, 0.15) is 61.2 Å². The van der Waals surface area contributed by atoms with Gasteiger partial charge in [0, 0.05) is 0 Å². The summed E-state index contributed by atoms with van der Waals surface area (Å²) in [5.41, 5.74) is 1.17. The molecule has 148 valence electrons. The third-order valence-corrected chi connectivity index (χ3v) is 5.25. The number of amides is 4. The molecule has 0 saturated heterocycles. The van der Waals surface area contributed by atoms with Crippen molar-refractivity contribution in [3.63, 3.8) is 0 Å². The zero-order valence-electron chi connectivity index (χ0n) is 16.1. The van der Waals surface area contributed by atoms with E-state index < -0.39 is 29.8 Å². The molecule has 0 bridgehead atoms. The maximum atomic E-state index is 13.0. The van der Waals surface area contributed by atoms with Gasteiger partial charge in [-0.3, -0.25) is 29.0 Å². The van der Waals surface area contributed by atoms with Gasteiger partial charge in [0.25, 0.3) is 23.6 Å². The summed E-state index contributed by atoms with van der Waals surface area (Å²) in [6.07, 6.45) is 0.195. The lowest BCUT2D eigenvalue weighted by Gasteiger charge is -2.32. The summed E-state index contributed by atoms with van der Waals surface area (Å²) in [6.45, 7) is 3.25. The largest absolute Gasteiger partial charge is 0.317 e. The van der Waals surface area contributed by atoms with Crippen molar-refractivity contribution in [3.05, 3.63) is 70.8 Å². The van der Waals surface area contributed by atoms with Gasteiger partial charge >= 0.3 is 0 Å². The lowest BCUT2D eigenvalue weighted by Crippen LogP contribution is -2.54. The number of carbonyl (C=O) groups is 4. The van der Waals surface area contributed by atoms with Gasteiger partial charge in [-0.15, -0.1) is 0 Å². The molecule has 2 aromatic carbocycles. The van der Waals surface area contributed by atoms with Crippen molar-refractivity contribution in [1.29, 1.82) is 0 Å². The van der Waals surface area contributed by atoms with E-state index in [1.54, 1.807) is 48.5 Å². The van der Waals surface area contributed by atoms with Crippen molar-refractivity contribution >= 4 is 23.6 Å². The van der Waals surface area contributed by atoms with E-state index in [4.69, 9.17) is 0 Å². The second-order valence-corrected chi connectivity index (χ2v) is 7.07. The molecule has 0 atom stereocenters. The van der Waals surface area contributed by atoms with Crippen molar-refractivity contribution in [3.8, 4) is 0 Å². The zero-order chi connectivity index (χ0) is 20.5. The second kappa shape index (κ2) is 7.60. The van der Waals surface area contributed by atoms with Crippen LogP contribution in [-0.4, -0.2) is 52.7 Å². The van der Waals surface area contributed by atoms with E-state index in [2.05, 4.69) is 5.32 Å². The number of hydrogen-bond donors (Lipinski definition) is 1. The summed E-state index contributed by atoms with van der Waals surface area (Å²) < 4.78 is 0. The predicted octanol–water partition coefficient (Wildman–Crippen LogP) is 2.29. The molecular formula is C22H21N3O4. The van der Waals surface area contributed by atoms with Gasteiger partial charge < -0.3 is 5.32 Å². The van der Waals surface area contributed by atoms with Crippen molar-refractivity contribution in [1.82, 2.24) is 15.1 Å². The third kappa shape index (κ3) is 3.03. The molecule has 0 aromatic heterocycles. The molecule has 2 aliphatic rings. The quantitative estimate of drug-likeness (QED) is 0.578. The minimum absolute atomic E-state index is 0.261. The Labute approximate surface area is 168 Å². The van der Waals surface area contributed by atoms with Gasteiger partial charge in [0.1, 0.15) is 6.17 Å². The number of hydrogen-bond acceptors (Lipinski definition) is 5. The predicted molar refractivity (Wildman–Crippen MR) is 105 cm³/mol. The smallest absolute Gasteiger partial charge is 0.263 e. The van der Waals surface area contributed by atoms with Crippen LogP contribution in [0.15, 0.2) is 48.5 Å². The fraction of sp³-hybridized carbons (Fsp3) is 0.273. The Balaban J connectivity index is 1.70. The lowest BCUT2D eigenvalue weighted by molar-refractivity contribution is 0.0274. The fourth-order valence-corrected chi connectivity index (χ4v) is 3.86. The SMILES string of the molecule is CCCNCCC(N1C(=O)c2ccccc2C1=O)N1C(=O)c2ccccc2C1=O. The van der Waals surface area contributed by atoms with Crippen LogP contribution in [-0.2, 0) is 0 Å². The number of carbonyl (C=O) groups excluding carboxylic acids is 4. The molecule has 4 rings (SSSR count). The van der Waals surface area contributed by atoms with Crippen LogP contribution in [0.4, 0.5) is 0 Å². The van der Waals surface area contributed by atoms with E-state index in [9.17, 15) is 19.2 Å². The summed E-state index contributed by atoms with van der Waals surface area (Å²) in [4.78, 5) is 54.2. The number of imide groups is 2. The highest BCUT2D eigenvalue weighted by molar-refractivity contribution is 6.24. The molecule has 0 unspecified atom stereocenters. The molecular weight excluding hydrogens is 370 g/mol. The molecule has 0 spiro atoms. The summed E-state index contributed by atoms with van der Waals surface area (Å²) in [7, 11) is 0. The normalized spacial score (nSPS) is 15.5. The first-order chi connectivity index (χ1) is 14.1. The van der Waals surface area contributed by atoms with Crippen molar-refractivity contribution in [2.75, 3.05) is 13.1 Å².